The fourth-order valence-electron chi connectivity index (χ4n) is 4.99. The van der Waals surface area contributed by atoms with Gasteiger partial charge in [-0.25, -0.2) is 0 Å². The quantitative estimate of drug-likeness (QED) is 0.864. The van der Waals surface area contributed by atoms with Crippen molar-refractivity contribution in [2.24, 2.45) is 0 Å². The summed E-state index contributed by atoms with van der Waals surface area (Å²) in [6, 6.07) is 10.1. The molecule has 0 spiro atoms. The number of rotatable bonds is 3. The molecule has 0 radical (unpaired) electrons. The maximum absolute atomic E-state index is 13.4. The summed E-state index contributed by atoms with van der Waals surface area (Å²) in [6.45, 7) is 5.26. The first kappa shape index (κ1) is 18.9. The van der Waals surface area contributed by atoms with Crippen molar-refractivity contribution in [1.82, 2.24) is 14.7 Å². The number of aliphatic hydroxyl groups is 1. The minimum atomic E-state index is -0.450. The Kier molecular flexibility index (Phi) is 4.94. The Morgan fingerprint density at radius 2 is 1.86 bits per heavy atom. The average molecular weight is 396 g/mol. The second-order valence-corrected chi connectivity index (χ2v) is 8.65. The summed E-state index contributed by atoms with van der Waals surface area (Å²) in [6.07, 6.45) is 2.10. The normalized spacial score (nSPS) is 26.0. The molecule has 2 atom stereocenters. The first-order chi connectivity index (χ1) is 14.1. The largest absolute Gasteiger partial charge is 0.472 e. The van der Waals surface area contributed by atoms with Crippen molar-refractivity contribution in [1.29, 1.82) is 0 Å². The van der Waals surface area contributed by atoms with Gasteiger partial charge in [-0.1, -0.05) is 24.3 Å². The highest BCUT2D eigenvalue weighted by Gasteiger charge is 2.38. The van der Waals surface area contributed by atoms with Crippen LogP contribution in [0.5, 0.6) is 5.75 Å². The van der Waals surface area contributed by atoms with Gasteiger partial charge in [0.05, 0.1) is 17.7 Å². The number of hydrogen-bond acceptors (Lipinski definition) is 5. The van der Waals surface area contributed by atoms with Crippen LogP contribution in [0.15, 0.2) is 30.3 Å². The lowest BCUT2D eigenvalue weighted by atomic mass is 9.97. The molecular formula is C23H29N3O3. The summed E-state index contributed by atoms with van der Waals surface area (Å²) in [4.78, 5) is 19.9. The fourth-order valence-corrected chi connectivity index (χ4v) is 4.99. The summed E-state index contributed by atoms with van der Waals surface area (Å²) in [7, 11) is 2.16. The Morgan fingerprint density at radius 1 is 1.10 bits per heavy atom. The Hall–Kier alpha value is -2.15. The molecule has 6 nitrogen and oxygen atoms in total. The van der Waals surface area contributed by atoms with Gasteiger partial charge in [0, 0.05) is 38.1 Å². The maximum atomic E-state index is 13.4. The van der Waals surface area contributed by atoms with Gasteiger partial charge in [-0.05, 0) is 43.3 Å². The number of hydrogen-bond donors (Lipinski definition) is 1. The van der Waals surface area contributed by atoms with Crippen LogP contribution in [0.25, 0.3) is 10.8 Å². The number of carbonyl (C=O) groups excluding carboxylic acids is 1. The highest BCUT2D eigenvalue weighted by atomic mass is 16.5. The molecule has 2 aliphatic heterocycles. The lowest BCUT2D eigenvalue weighted by Gasteiger charge is -2.36. The molecule has 3 aliphatic rings. The van der Waals surface area contributed by atoms with Gasteiger partial charge in [0.2, 0.25) is 0 Å². The van der Waals surface area contributed by atoms with E-state index in [2.05, 4.69) is 29.0 Å². The van der Waals surface area contributed by atoms with Gasteiger partial charge < -0.3 is 14.7 Å². The minimum Gasteiger partial charge on any atom is -0.472 e. The number of fused-ring (bicyclic) bond motifs is 3. The van der Waals surface area contributed by atoms with Crippen molar-refractivity contribution >= 4 is 16.7 Å². The molecule has 154 valence electrons. The van der Waals surface area contributed by atoms with Crippen LogP contribution in [0.3, 0.4) is 0 Å². The van der Waals surface area contributed by atoms with Gasteiger partial charge in [-0.15, -0.1) is 0 Å². The summed E-state index contributed by atoms with van der Waals surface area (Å²) < 4.78 is 6.11. The van der Waals surface area contributed by atoms with Crippen molar-refractivity contribution in [3.05, 3.63) is 41.5 Å². The molecule has 2 heterocycles. The molecule has 1 N–H and O–H groups in total. The molecule has 0 bridgehead atoms. The maximum Gasteiger partial charge on any atom is 0.260 e. The van der Waals surface area contributed by atoms with Crippen molar-refractivity contribution in [2.75, 3.05) is 40.0 Å². The Labute approximate surface area is 171 Å². The van der Waals surface area contributed by atoms with Gasteiger partial charge in [-0.2, -0.15) is 0 Å². The molecule has 5 rings (SSSR count). The Balaban J connectivity index is 1.51. The van der Waals surface area contributed by atoms with E-state index in [0.717, 1.165) is 62.8 Å². The van der Waals surface area contributed by atoms with Crippen LogP contribution in [-0.4, -0.2) is 77.8 Å². The monoisotopic (exact) mass is 395 g/mol. The van der Waals surface area contributed by atoms with E-state index in [1.807, 2.05) is 18.2 Å². The molecular weight excluding hydrogens is 366 g/mol. The van der Waals surface area contributed by atoms with E-state index in [1.54, 1.807) is 4.90 Å². The van der Waals surface area contributed by atoms with Gasteiger partial charge in [0.1, 0.15) is 5.75 Å². The predicted octanol–water partition coefficient (Wildman–Crippen LogP) is 2.29. The standard InChI is InChI=1S/C23H29N3O3/c1-24-9-11-25(12-10-24)14-16-13-19-22(18-6-3-2-5-17(16)18)29-15-26(23(19)28)20-7-4-8-21(20)27/h2-3,5-6,13,20-21,27H,4,7-12,14-15H2,1H3/t20-,21-/m0/s1. The van der Waals surface area contributed by atoms with Gasteiger partial charge in [-0.3, -0.25) is 14.6 Å². The third kappa shape index (κ3) is 3.39. The molecule has 1 amide bonds. The molecule has 6 heteroatoms. The lowest BCUT2D eigenvalue weighted by Crippen LogP contribution is -2.48. The summed E-state index contributed by atoms with van der Waals surface area (Å²) in [5.41, 5.74) is 1.81. The highest BCUT2D eigenvalue weighted by Crippen LogP contribution is 2.38. The van der Waals surface area contributed by atoms with Crippen molar-refractivity contribution < 1.29 is 14.6 Å². The van der Waals surface area contributed by atoms with E-state index in [-0.39, 0.29) is 18.7 Å². The van der Waals surface area contributed by atoms with E-state index < -0.39 is 6.10 Å². The number of aliphatic hydroxyl groups excluding tert-OH is 1. The smallest absolute Gasteiger partial charge is 0.260 e. The van der Waals surface area contributed by atoms with Gasteiger partial charge in [0.25, 0.3) is 5.91 Å². The number of ether oxygens (including phenoxy) is 1. The number of piperazine rings is 1. The fraction of sp³-hybridized carbons (Fsp3) is 0.522. The number of benzene rings is 2. The predicted molar refractivity (Wildman–Crippen MR) is 112 cm³/mol. The van der Waals surface area contributed by atoms with E-state index in [1.165, 1.54) is 5.56 Å². The summed E-state index contributed by atoms with van der Waals surface area (Å²) >= 11 is 0. The van der Waals surface area contributed by atoms with Crippen LogP contribution in [-0.2, 0) is 6.54 Å². The molecule has 1 saturated heterocycles. The topological polar surface area (TPSA) is 56.3 Å². The van der Waals surface area contributed by atoms with Crippen LogP contribution in [0.1, 0.15) is 35.2 Å². The lowest BCUT2D eigenvalue weighted by molar-refractivity contribution is 0.0132. The van der Waals surface area contributed by atoms with Crippen molar-refractivity contribution in [3.63, 3.8) is 0 Å². The van der Waals surface area contributed by atoms with Gasteiger partial charge in [0.15, 0.2) is 6.73 Å². The van der Waals surface area contributed by atoms with Gasteiger partial charge >= 0.3 is 0 Å². The van der Waals surface area contributed by atoms with E-state index in [9.17, 15) is 9.90 Å². The second-order valence-electron chi connectivity index (χ2n) is 8.65. The highest BCUT2D eigenvalue weighted by molar-refractivity contribution is 6.06. The van der Waals surface area contributed by atoms with Crippen LogP contribution in [0.4, 0.5) is 0 Å². The van der Waals surface area contributed by atoms with Crippen LogP contribution >= 0.6 is 0 Å². The average Bonchev–Trinajstić information content (AvgIpc) is 3.16. The number of amides is 1. The first-order valence-corrected chi connectivity index (χ1v) is 10.7. The van der Waals surface area contributed by atoms with Crippen molar-refractivity contribution in [3.8, 4) is 5.75 Å². The Bertz CT molecular complexity index is 923. The zero-order valence-electron chi connectivity index (χ0n) is 17.0. The SMILES string of the molecule is CN1CCN(Cc2cc3c(c4ccccc24)OCN([C@H]2CCC[C@@H]2O)C3=O)CC1. The van der Waals surface area contributed by atoms with E-state index in [0.29, 0.717) is 11.3 Å². The van der Waals surface area contributed by atoms with Crippen LogP contribution in [0.2, 0.25) is 0 Å². The van der Waals surface area contributed by atoms with E-state index in [4.69, 9.17) is 4.74 Å². The first-order valence-electron chi connectivity index (χ1n) is 10.7. The zero-order valence-corrected chi connectivity index (χ0v) is 17.0. The molecule has 2 fully saturated rings. The molecule has 29 heavy (non-hydrogen) atoms. The third-order valence-electron chi connectivity index (χ3n) is 6.75. The Morgan fingerprint density at radius 3 is 2.59 bits per heavy atom. The number of carbonyl (C=O) groups is 1. The van der Waals surface area contributed by atoms with E-state index >= 15 is 0 Å². The summed E-state index contributed by atoms with van der Waals surface area (Å²) in [5, 5.41) is 12.5. The molecule has 0 aromatic heterocycles. The molecule has 2 aromatic carbocycles. The number of likely N-dealkylation sites (N-methyl/N-ethyl adjacent to an activating group) is 1. The second kappa shape index (κ2) is 7.59. The molecule has 2 aromatic rings. The minimum absolute atomic E-state index is 0.0115. The molecule has 1 saturated carbocycles. The zero-order chi connectivity index (χ0) is 20.0. The third-order valence-corrected chi connectivity index (χ3v) is 6.75. The van der Waals surface area contributed by atoms with Crippen LogP contribution < -0.4 is 4.74 Å². The summed E-state index contributed by atoms with van der Waals surface area (Å²) in [5.74, 6) is 0.680. The number of nitrogens with zero attached hydrogens (tertiary/aromatic N) is 3. The van der Waals surface area contributed by atoms with Crippen molar-refractivity contribution in [2.45, 2.75) is 38.0 Å². The molecule has 1 aliphatic carbocycles. The molecule has 0 unspecified atom stereocenters. The van der Waals surface area contributed by atoms with Crippen LogP contribution in [0, 0.1) is 0 Å².